The summed E-state index contributed by atoms with van der Waals surface area (Å²) in [6.07, 6.45) is 1.59. The lowest BCUT2D eigenvalue weighted by Crippen LogP contribution is -2.14. The highest BCUT2D eigenvalue weighted by molar-refractivity contribution is 7.18. The van der Waals surface area contributed by atoms with Crippen LogP contribution in [-0.4, -0.2) is 26.0 Å². The van der Waals surface area contributed by atoms with Gasteiger partial charge in [-0.1, -0.05) is 17.4 Å². The van der Waals surface area contributed by atoms with E-state index in [1.807, 2.05) is 0 Å². The zero-order chi connectivity index (χ0) is 17.1. The van der Waals surface area contributed by atoms with E-state index in [-0.39, 0.29) is 10.7 Å². The van der Waals surface area contributed by atoms with E-state index in [2.05, 4.69) is 20.5 Å². The maximum absolute atomic E-state index is 13.1. The normalized spacial score (nSPS) is 10.4. The van der Waals surface area contributed by atoms with E-state index in [9.17, 15) is 19.3 Å². The Morgan fingerprint density at radius 3 is 2.79 bits per heavy atom. The van der Waals surface area contributed by atoms with Gasteiger partial charge in [-0.05, 0) is 24.3 Å². The van der Waals surface area contributed by atoms with E-state index in [0.29, 0.717) is 16.8 Å². The standard InChI is InChI=1S/C14H8FN5O3S/c15-8-4-5-9(11(7-8)20(22)23)12(21)17-14-19-18-13(24-14)10-3-1-2-6-16-10/h1-7H,(H,17,19,21). The minimum absolute atomic E-state index is 0.152. The molecule has 2 heterocycles. The summed E-state index contributed by atoms with van der Waals surface area (Å²) in [5.41, 5.74) is -0.304. The number of hydrogen-bond acceptors (Lipinski definition) is 7. The van der Waals surface area contributed by atoms with Gasteiger partial charge >= 0.3 is 0 Å². The maximum Gasteiger partial charge on any atom is 0.285 e. The number of benzene rings is 1. The largest absolute Gasteiger partial charge is 0.296 e. The van der Waals surface area contributed by atoms with Gasteiger partial charge in [0.2, 0.25) is 5.13 Å². The van der Waals surface area contributed by atoms with Gasteiger partial charge in [-0.2, -0.15) is 0 Å². The zero-order valence-corrected chi connectivity index (χ0v) is 12.7. The highest BCUT2D eigenvalue weighted by atomic mass is 32.1. The van der Waals surface area contributed by atoms with E-state index in [1.54, 1.807) is 24.4 Å². The van der Waals surface area contributed by atoms with Gasteiger partial charge < -0.3 is 0 Å². The lowest BCUT2D eigenvalue weighted by atomic mass is 10.1. The molecule has 0 saturated carbocycles. The van der Waals surface area contributed by atoms with Gasteiger partial charge in [-0.3, -0.25) is 25.2 Å². The van der Waals surface area contributed by atoms with Crippen LogP contribution in [0.15, 0.2) is 42.6 Å². The fourth-order valence-corrected chi connectivity index (χ4v) is 2.59. The average molecular weight is 345 g/mol. The molecule has 0 bridgehead atoms. The molecule has 120 valence electrons. The third kappa shape index (κ3) is 3.22. The van der Waals surface area contributed by atoms with Crippen molar-refractivity contribution in [3.63, 3.8) is 0 Å². The Balaban J connectivity index is 1.84. The number of halogens is 1. The summed E-state index contributed by atoms with van der Waals surface area (Å²) in [5.74, 6) is -1.57. The van der Waals surface area contributed by atoms with Crippen molar-refractivity contribution in [2.45, 2.75) is 0 Å². The number of pyridine rings is 1. The van der Waals surface area contributed by atoms with Crippen LogP contribution in [0.2, 0.25) is 0 Å². The van der Waals surface area contributed by atoms with Crippen LogP contribution in [0.25, 0.3) is 10.7 Å². The predicted molar refractivity (Wildman–Crippen MR) is 84.1 cm³/mol. The number of nitrogens with zero attached hydrogens (tertiary/aromatic N) is 4. The molecule has 0 saturated heterocycles. The van der Waals surface area contributed by atoms with Crippen LogP contribution >= 0.6 is 11.3 Å². The Kier molecular flexibility index (Phi) is 4.20. The number of carbonyl (C=O) groups excluding carboxylic acids is 1. The third-order valence-corrected chi connectivity index (χ3v) is 3.79. The van der Waals surface area contributed by atoms with Gasteiger partial charge in [0, 0.05) is 6.20 Å². The molecule has 0 unspecified atom stereocenters. The highest BCUT2D eigenvalue weighted by Crippen LogP contribution is 2.26. The van der Waals surface area contributed by atoms with Gasteiger partial charge in [0.15, 0.2) is 5.01 Å². The molecule has 2 aromatic heterocycles. The van der Waals surface area contributed by atoms with Crippen LogP contribution in [0.3, 0.4) is 0 Å². The van der Waals surface area contributed by atoms with E-state index >= 15 is 0 Å². The molecule has 0 atom stereocenters. The summed E-state index contributed by atoms with van der Waals surface area (Å²) >= 11 is 1.07. The number of nitro benzene ring substituents is 1. The summed E-state index contributed by atoms with van der Waals surface area (Å²) in [5, 5.41) is 21.7. The van der Waals surface area contributed by atoms with Crippen molar-refractivity contribution in [1.29, 1.82) is 0 Å². The van der Waals surface area contributed by atoms with Crippen LogP contribution in [0.5, 0.6) is 0 Å². The Hall–Kier alpha value is -3.27. The number of nitrogens with one attached hydrogen (secondary N) is 1. The van der Waals surface area contributed by atoms with Crippen LogP contribution in [0, 0.1) is 15.9 Å². The molecule has 10 heteroatoms. The topological polar surface area (TPSA) is 111 Å². The molecule has 0 radical (unpaired) electrons. The summed E-state index contributed by atoms with van der Waals surface area (Å²) in [6.45, 7) is 0. The quantitative estimate of drug-likeness (QED) is 0.575. The first-order chi connectivity index (χ1) is 11.5. The molecule has 3 rings (SSSR count). The van der Waals surface area contributed by atoms with Gasteiger partial charge in [0.25, 0.3) is 11.6 Å². The fourth-order valence-electron chi connectivity index (χ4n) is 1.88. The predicted octanol–water partition coefficient (Wildman–Crippen LogP) is 2.90. The zero-order valence-electron chi connectivity index (χ0n) is 11.8. The van der Waals surface area contributed by atoms with Gasteiger partial charge in [0.1, 0.15) is 17.1 Å². The number of nitro groups is 1. The molecule has 1 amide bonds. The first-order valence-corrected chi connectivity index (χ1v) is 7.36. The molecular weight excluding hydrogens is 337 g/mol. The second-order valence-corrected chi connectivity index (χ2v) is 5.48. The van der Waals surface area contributed by atoms with Crippen molar-refractivity contribution in [2.75, 3.05) is 5.32 Å². The number of rotatable bonds is 4. The number of hydrogen-bond donors (Lipinski definition) is 1. The molecule has 1 aromatic carbocycles. The minimum Gasteiger partial charge on any atom is -0.296 e. The lowest BCUT2D eigenvalue weighted by Gasteiger charge is -2.02. The summed E-state index contributed by atoms with van der Waals surface area (Å²) in [4.78, 5) is 26.4. The number of aromatic nitrogens is 3. The average Bonchev–Trinajstić information content (AvgIpc) is 3.04. The number of carbonyl (C=O) groups is 1. The maximum atomic E-state index is 13.1. The molecule has 0 spiro atoms. The molecule has 0 aliphatic rings. The van der Waals surface area contributed by atoms with E-state index in [1.165, 1.54) is 0 Å². The lowest BCUT2D eigenvalue weighted by molar-refractivity contribution is -0.385. The first-order valence-electron chi connectivity index (χ1n) is 6.55. The molecule has 0 aliphatic carbocycles. The van der Waals surface area contributed by atoms with Crippen LogP contribution < -0.4 is 5.32 Å². The first kappa shape index (κ1) is 15.6. The molecule has 24 heavy (non-hydrogen) atoms. The van der Waals surface area contributed by atoms with Crippen LogP contribution in [-0.2, 0) is 0 Å². The minimum atomic E-state index is -0.822. The molecule has 8 nitrogen and oxygen atoms in total. The van der Waals surface area contributed by atoms with Crippen molar-refractivity contribution >= 4 is 28.1 Å². The van der Waals surface area contributed by atoms with Crippen LogP contribution in [0.4, 0.5) is 15.2 Å². The Bertz CT molecular complexity index is 916. The van der Waals surface area contributed by atoms with E-state index < -0.39 is 22.3 Å². The summed E-state index contributed by atoms with van der Waals surface area (Å²) in [7, 11) is 0. The monoisotopic (exact) mass is 345 g/mol. The van der Waals surface area contributed by atoms with Crippen molar-refractivity contribution in [1.82, 2.24) is 15.2 Å². The fraction of sp³-hybridized carbons (Fsp3) is 0. The molecular formula is C14H8FN5O3S. The second-order valence-electron chi connectivity index (χ2n) is 4.50. The Morgan fingerprint density at radius 1 is 1.25 bits per heavy atom. The molecule has 3 aromatic rings. The third-order valence-electron chi connectivity index (χ3n) is 2.93. The van der Waals surface area contributed by atoms with Crippen molar-refractivity contribution in [2.24, 2.45) is 0 Å². The Labute approximate surface area is 138 Å². The van der Waals surface area contributed by atoms with Crippen LogP contribution in [0.1, 0.15) is 10.4 Å². The summed E-state index contributed by atoms with van der Waals surface area (Å²) < 4.78 is 13.1. The smallest absolute Gasteiger partial charge is 0.285 e. The van der Waals surface area contributed by atoms with E-state index in [0.717, 1.165) is 23.5 Å². The summed E-state index contributed by atoms with van der Waals surface area (Å²) in [6, 6.07) is 7.97. The van der Waals surface area contributed by atoms with Gasteiger partial charge in [-0.15, -0.1) is 10.2 Å². The van der Waals surface area contributed by atoms with Crippen molar-refractivity contribution in [3.8, 4) is 10.7 Å². The van der Waals surface area contributed by atoms with Gasteiger partial charge in [0.05, 0.1) is 11.0 Å². The number of anilines is 1. The number of amides is 1. The molecule has 0 aliphatic heterocycles. The molecule has 1 N–H and O–H groups in total. The Morgan fingerprint density at radius 2 is 2.08 bits per heavy atom. The van der Waals surface area contributed by atoms with Crippen molar-refractivity contribution < 1.29 is 14.1 Å². The SMILES string of the molecule is O=C(Nc1nnc(-c2ccccn2)s1)c1ccc(F)cc1[N+](=O)[O-]. The van der Waals surface area contributed by atoms with Crippen molar-refractivity contribution in [3.05, 3.63) is 64.1 Å². The molecule has 0 fully saturated rings. The second kappa shape index (κ2) is 6.46. The van der Waals surface area contributed by atoms with E-state index in [4.69, 9.17) is 0 Å². The van der Waals surface area contributed by atoms with Gasteiger partial charge in [-0.25, -0.2) is 4.39 Å². The highest BCUT2D eigenvalue weighted by Gasteiger charge is 2.22.